The van der Waals surface area contributed by atoms with Gasteiger partial charge in [0, 0.05) is 24.0 Å². The molecular weight excluding hydrogens is 253 g/mol. The van der Waals surface area contributed by atoms with Gasteiger partial charge in [-0.25, -0.2) is 4.39 Å². The van der Waals surface area contributed by atoms with Crippen molar-refractivity contribution in [1.82, 2.24) is 4.90 Å². The summed E-state index contributed by atoms with van der Waals surface area (Å²) in [5.74, 6) is -0.0316. The predicted molar refractivity (Wildman–Crippen MR) is 70.5 cm³/mol. The van der Waals surface area contributed by atoms with Crippen molar-refractivity contribution in [2.45, 2.75) is 32.2 Å². The van der Waals surface area contributed by atoms with Crippen molar-refractivity contribution >= 4 is 17.5 Å². The number of carbonyl (C=O) groups is 1. The van der Waals surface area contributed by atoms with Gasteiger partial charge in [-0.1, -0.05) is 6.07 Å². The Morgan fingerprint density at radius 1 is 1.50 bits per heavy atom. The van der Waals surface area contributed by atoms with Crippen molar-refractivity contribution in [2.24, 2.45) is 0 Å². The van der Waals surface area contributed by atoms with Gasteiger partial charge in [0.25, 0.3) is 5.91 Å². The van der Waals surface area contributed by atoms with Gasteiger partial charge in [0.1, 0.15) is 5.82 Å². The second-order valence-electron chi connectivity index (χ2n) is 4.74. The summed E-state index contributed by atoms with van der Waals surface area (Å²) in [6, 6.07) is 4.92. The number of hydrogen-bond donors (Lipinski definition) is 0. The van der Waals surface area contributed by atoms with Crippen LogP contribution >= 0.6 is 11.6 Å². The van der Waals surface area contributed by atoms with Crippen LogP contribution in [0.1, 0.15) is 35.2 Å². The van der Waals surface area contributed by atoms with E-state index in [1.807, 2.05) is 0 Å². The number of hydrogen-bond acceptors (Lipinski definition) is 1. The summed E-state index contributed by atoms with van der Waals surface area (Å²) >= 11 is 5.74. The average Bonchev–Trinajstić information content (AvgIpc) is 2.29. The van der Waals surface area contributed by atoms with Crippen molar-refractivity contribution in [3.8, 4) is 0 Å². The maximum atomic E-state index is 13.5. The van der Waals surface area contributed by atoms with Crippen LogP contribution in [0.5, 0.6) is 0 Å². The van der Waals surface area contributed by atoms with Crippen molar-refractivity contribution < 1.29 is 9.18 Å². The molecule has 1 amide bonds. The Bertz CT molecular complexity index is 445. The van der Waals surface area contributed by atoms with Gasteiger partial charge in [0.2, 0.25) is 0 Å². The minimum atomic E-state index is -0.333. The van der Waals surface area contributed by atoms with E-state index >= 15 is 0 Å². The molecule has 1 aliphatic rings. The zero-order valence-electron chi connectivity index (χ0n) is 10.5. The van der Waals surface area contributed by atoms with Crippen LogP contribution in [0.3, 0.4) is 0 Å². The number of aryl methyl sites for hydroxylation is 1. The third-order valence-electron chi connectivity index (χ3n) is 3.52. The zero-order chi connectivity index (χ0) is 13.1. The lowest BCUT2D eigenvalue weighted by molar-refractivity contribution is 0.0597. The highest BCUT2D eigenvalue weighted by Gasteiger charge is 2.29. The van der Waals surface area contributed by atoms with Crippen molar-refractivity contribution in [3.05, 3.63) is 35.1 Å². The standard InChI is InChI=1S/C14H17ClFNO/c1-10-5-6-11(9-13(10)16)14(18)17(8-7-15)12-3-2-4-12/h5-6,9,12H,2-4,7-8H2,1H3. The second-order valence-corrected chi connectivity index (χ2v) is 5.11. The highest BCUT2D eigenvalue weighted by atomic mass is 35.5. The summed E-state index contributed by atoms with van der Waals surface area (Å²) in [5.41, 5.74) is 0.967. The van der Waals surface area contributed by atoms with Gasteiger partial charge in [-0.2, -0.15) is 0 Å². The van der Waals surface area contributed by atoms with E-state index in [9.17, 15) is 9.18 Å². The van der Waals surface area contributed by atoms with Crippen LogP contribution in [0, 0.1) is 12.7 Å². The van der Waals surface area contributed by atoms with Gasteiger partial charge in [-0.3, -0.25) is 4.79 Å². The Morgan fingerprint density at radius 2 is 2.22 bits per heavy atom. The Labute approximate surface area is 112 Å². The van der Waals surface area contributed by atoms with E-state index in [-0.39, 0.29) is 17.8 Å². The molecule has 4 heteroatoms. The Hall–Kier alpha value is -1.09. The Balaban J connectivity index is 2.18. The van der Waals surface area contributed by atoms with Gasteiger partial charge in [0.05, 0.1) is 0 Å². The van der Waals surface area contributed by atoms with Gasteiger partial charge in [0.15, 0.2) is 0 Å². The van der Waals surface area contributed by atoms with Crippen LogP contribution in [0.4, 0.5) is 4.39 Å². The quantitative estimate of drug-likeness (QED) is 0.768. The summed E-state index contributed by atoms with van der Waals surface area (Å²) in [5, 5.41) is 0. The number of amides is 1. The van der Waals surface area contributed by atoms with E-state index in [1.165, 1.54) is 6.07 Å². The molecule has 0 saturated heterocycles. The second kappa shape index (κ2) is 5.70. The Morgan fingerprint density at radius 3 is 2.72 bits per heavy atom. The monoisotopic (exact) mass is 269 g/mol. The first-order valence-corrected chi connectivity index (χ1v) is 6.80. The fraction of sp³-hybridized carbons (Fsp3) is 0.500. The number of nitrogens with zero attached hydrogens (tertiary/aromatic N) is 1. The highest BCUT2D eigenvalue weighted by molar-refractivity contribution is 6.18. The van der Waals surface area contributed by atoms with Crippen LogP contribution in [0.15, 0.2) is 18.2 Å². The van der Waals surface area contributed by atoms with E-state index in [1.54, 1.807) is 24.0 Å². The molecule has 0 N–H and O–H groups in total. The van der Waals surface area contributed by atoms with E-state index in [0.717, 1.165) is 19.3 Å². The number of alkyl halides is 1. The van der Waals surface area contributed by atoms with Crippen molar-refractivity contribution in [1.29, 1.82) is 0 Å². The lowest BCUT2D eigenvalue weighted by Crippen LogP contribution is -2.45. The van der Waals surface area contributed by atoms with Crippen LogP contribution in [0.25, 0.3) is 0 Å². The molecule has 0 unspecified atom stereocenters. The third kappa shape index (κ3) is 2.66. The van der Waals surface area contributed by atoms with Gasteiger partial charge in [-0.05, 0) is 43.9 Å². The van der Waals surface area contributed by atoms with Crippen LogP contribution in [-0.4, -0.2) is 29.3 Å². The van der Waals surface area contributed by atoms with Gasteiger partial charge in [-0.15, -0.1) is 11.6 Å². The zero-order valence-corrected chi connectivity index (χ0v) is 11.2. The predicted octanol–water partition coefficient (Wildman–Crippen LogP) is 3.37. The van der Waals surface area contributed by atoms with Crippen LogP contribution in [-0.2, 0) is 0 Å². The minimum absolute atomic E-state index is 0.112. The lowest BCUT2D eigenvalue weighted by Gasteiger charge is -2.37. The smallest absolute Gasteiger partial charge is 0.254 e. The Kier molecular flexibility index (Phi) is 4.23. The summed E-state index contributed by atoms with van der Waals surface area (Å²) in [6.07, 6.45) is 3.20. The maximum Gasteiger partial charge on any atom is 0.254 e. The summed E-state index contributed by atoms with van der Waals surface area (Å²) < 4.78 is 13.5. The molecule has 0 atom stereocenters. The fourth-order valence-electron chi connectivity index (χ4n) is 2.13. The summed E-state index contributed by atoms with van der Waals surface area (Å²) in [7, 11) is 0. The molecule has 98 valence electrons. The molecule has 2 nitrogen and oxygen atoms in total. The fourth-order valence-corrected chi connectivity index (χ4v) is 2.31. The van der Waals surface area contributed by atoms with Crippen LogP contribution in [0.2, 0.25) is 0 Å². The lowest BCUT2D eigenvalue weighted by atomic mass is 9.91. The first-order valence-electron chi connectivity index (χ1n) is 6.26. The first-order chi connectivity index (χ1) is 8.63. The normalized spacial score (nSPS) is 15.3. The highest BCUT2D eigenvalue weighted by Crippen LogP contribution is 2.26. The summed E-state index contributed by atoms with van der Waals surface area (Å²) in [6.45, 7) is 2.21. The number of halogens is 2. The van der Waals surface area contributed by atoms with E-state index in [0.29, 0.717) is 23.6 Å². The molecule has 2 rings (SSSR count). The molecule has 1 aromatic carbocycles. The summed E-state index contributed by atoms with van der Waals surface area (Å²) in [4.78, 5) is 14.1. The molecule has 1 saturated carbocycles. The van der Waals surface area contributed by atoms with E-state index < -0.39 is 0 Å². The van der Waals surface area contributed by atoms with Crippen molar-refractivity contribution in [3.63, 3.8) is 0 Å². The molecule has 1 fully saturated rings. The molecule has 1 aromatic rings. The number of carbonyl (C=O) groups excluding carboxylic acids is 1. The van der Waals surface area contributed by atoms with E-state index in [4.69, 9.17) is 11.6 Å². The van der Waals surface area contributed by atoms with Gasteiger partial charge >= 0.3 is 0 Å². The topological polar surface area (TPSA) is 20.3 Å². The molecule has 1 aliphatic carbocycles. The number of benzene rings is 1. The number of rotatable bonds is 4. The van der Waals surface area contributed by atoms with Crippen LogP contribution < -0.4 is 0 Å². The average molecular weight is 270 g/mol. The molecular formula is C14H17ClFNO. The van der Waals surface area contributed by atoms with Gasteiger partial charge < -0.3 is 4.90 Å². The molecule has 0 heterocycles. The molecule has 18 heavy (non-hydrogen) atoms. The molecule has 0 aromatic heterocycles. The molecule has 0 bridgehead atoms. The first kappa shape index (κ1) is 13.3. The molecule has 0 radical (unpaired) electrons. The van der Waals surface area contributed by atoms with Crippen molar-refractivity contribution in [2.75, 3.05) is 12.4 Å². The SMILES string of the molecule is Cc1ccc(C(=O)N(CCCl)C2CCC2)cc1F. The maximum absolute atomic E-state index is 13.5. The minimum Gasteiger partial charge on any atom is -0.334 e. The molecule has 0 aliphatic heterocycles. The largest absolute Gasteiger partial charge is 0.334 e. The molecule has 0 spiro atoms. The van der Waals surface area contributed by atoms with E-state index in [2.05, 4.69) is 0 Å². The third-order valence-corrected chi connectivity index (χ3v) is 3.69.